The number of ether oxygens (including phenoxy) is 1. The minimum Gasteiger partial charge on any atom is -0.376 e. The van der Waals surface area contributed by atoms with E-state index in [1.807, 2.05) is 0 Å². The summed E-state index contributed by atoms with van der Waals surface area (Å²) in [5.74, 6) is 1.40. The number of rotatable bonds is 2. The molecule has 20 heavy (non-hydrogen) atoms. The van der Waals surface area contributed by atoms with Gasteiger partial charge < -0.3 is 4.74 Å². The zero-order chi connectivity index (χ0) is 14.9. The first-order valence-corrected chi connectivity index (χ1v) is 8.15. The van der Waals surface area contributed by atoms with Crippen LogP contribution in [0.3, 0.4) is 0 Å². The van der Waals surface area contributed by atoms with Crippen molar-refractivity contribution in [2.75, 3.05) is 19.7 Å². The summed E-state index contributed by atoms with van der Waals surface area (Å²) in [7, 11) is 0. The van der Waals surface area contributed by atoms with Gasteiger partial charge in [0, 0.05) is 31.5 Å². The van der Waals surface area contributed by atoms with Crippen molar-refractivity contribution in [3.8, 4) is 0 Å². The van der Waals surface area contributed by atoms with Gasteiger partial charge in [0.05, 0.1) is 12.7 Å². The van der Waals surface area contributed by atoms with E-state index in [0.29, 0.717) is 29.3 Å². The van der Waals surface area contributed by atoms with Gasteiger partial charge in [0.2, 0.25) is 0 Å². The third-order valence-electron chi connectivity index (χ3n) is 5.18. The third-order valence-corrected chi connectivity index (χ3v) is 5.18. The van der Waals surface area contributed by atoms with E-state index in [0.717, 1.165) is 39.0 Å². The summed E-state index contributed by atoms with van der Waals surface area (Å²) in [4.78, 5) is 14.7. The highest BCUT2D eigenvalue weighted by Crippen LogP contribution is 2.39. The van der Waals surface area contributed by atoms with E-state index in [1.165, 1.54) is 0 Å². The molecule has 2 aliphatic rings. The van der Waals surface area contributed by atoms with E-state index in [1.54, 1.807) is 0 Å². The van der Waals surface area contributed by atoms with E-state index in [-0.39, 0.29) is 5.92 Å². The number of ketones is 1. The normalized spacial score (nSPS) is 37.1. The number of morpholine rings is 1. The molecule has 0 N–H and O–H groups in total. The standard InChI is InChI=1S/C17H31NO2/c1-12-11-20-13(2)9-18(12)10-14-8-15(17(3,4)5)6-7-16(14)19/h12-15H,6-11H2,1-5H3. The molecule has 4 unspecified atom stereocenters. The first-order chi connectivity index (χ1) is 9.27. The fourth-order valence-corrected chi connectivity index (χ4v) is 3.59. The fraction of sp³-hybridized carbons (Fsp3) is 0.941. The van der Waals surface area contributed by atoms with Crippen LogP contribution >= 0.6 is 0 Å². The molecule has 1 aliphatic carbocycles. The number of hydrogen-bond acceptors (Lipinski definition) is 3. The van der Waals surface area contributed by atoms with Crippen LogP contribution in [0.15, 0.2) is 0 Å². The molecular formula is C17H31NO2. The van der Waals surface area contributed by atoms with Crippen molar-refractivity contribution < 1.29 is 9.53 Å². The second-order valence-corrected chi connectivity index (χ2v) is 7.95. The molecule has 0 radical (unpaired) electrons. The maximum Gasteiger partial charge on any atom is 0.137 e. The molecule has 1 saturated carbocycles. The Morgan fingerprint density at radius 1 is 1.30 bits per heavy atom. The van der Waals surface area contributed by atoms with Crippen LogP contribution in [0, 0.1) is 17.3 Å². The minimum absolute atomic E-state index is 0.237. The highest BCUT2D eigenvalue weighted by atomic mass is 16.5. The first kappa shape index (κ1) is 16.0. The van der Waals surface area contributed by atoms with Crippen LogP contribution in [0.25, 0.3) is 0 Å². The van der Waals surface area contributed by atoms with Crippen LogP contribution in [-0.2, 0) is 9.53 Å². The van der Waals surface area contributed by atoms with Gasteiger partial charge in [-0.1, -0.05) is 20.8 Å². The predicted molar refractivity (Wildman–Crippen MR) is 81.7 cm³/mol. The molecule has 0 bridgehead atoms. The Hall–Kier alpha value is -0.410. The van der Waals surface area contributed by atoms with Crippen LogP contribution in [-0.4, -0.2) is 42.5 Å². The van der Waals surface area contributed by atoms with E-state index >= 15 is 0 Å². The Kier molecular flexibility index (Phi) is 4.91. The van der Waals surface area contributed by atoms with Gasteiger partial charge in [-0.2, -0.15) is 0 Å². The topological polar surface area (TPSA) is 29.5 Å². The lowest BCUT2D eigenvalue weighted by Gasteiger charge is -2.42. The molecule has 1 heterocycles. The van der Waals surface area contributed by atoms with Gasteiger partial charge >= 0.3 is 0 Å². The van der Waals surface area contributed by atoms with Gasteiger partial charge in [0.1, 0.15) is 5.78 Å². The van der Waals surface area contributed by atoms with Crippen LogP contribution in [0.2, 0.25) is 0 Å². The maximum atomic E-state index is 12.3. The number of hydrogen-bond donors (Lipinski definition) is 0. The zero-order valence-electron chi connectivity index (χ0n) is 13.8. The molecule has 0 aromatic heterocycles. The number of carbonyl (C=O) groups is 1. The van der Waals surface area contributed by atoms with Crippen LogP contribution in [0.5, 0.6) is 0 Å². The zero-order valence-corrected chi connectivity index (χ0v) is 13.8. The van der Waals surface area contributed by atoms with Crippen LogP contribution in [0.4, 0.5) is 0 Å². The first-order valence-electron chi connectivity index (χ1n) is 8.15. The van der Waals surface area contributed by atoms with Crippen LogP contribution in [0.1, 0.15) is 53.9 Å². The summed E-state index contributed by atoms with van der Waals surface area (Å²) < 4.78 is 5.69. The Bertz CT molecular complexity index is 347. The summed E-state index contributed by atoms with van der Waals surface area (Å²) in [5.41, 5.74) is 0.322. The molecule has 0 spiro atoms. The van der Waals surface area contributed by atoms with Crippen molar-refractivity contribution in [3.63, 3.8) is 0 Å². The van der Waals surface area contributed by atoms with Gasteiger partial charge in [-0.15, -0.1) is 0 Å². The van der Waals surface area contributed by atoms with E-state index in [9.17, 15) is 4.79 Å². The molecule has 116 valence electrons. The number of nitrogens with zero attached hydrogens (tertiary/aromatic N) is 1. The van der Waals surface area contributed by atoms with Gasteiger partial charge in [-0.25, -0.2) is 0 Å². The van der Waals surface area contributed by atoms with Crippen LogP contribution < -0.4 is 0 Å². The lowest BCUT2D eigenvalue weighted by atomic mass is 9.68. The van der Waals surface area contributed by atoms with E-state index in [2.05, 4.69) is 39.5 Å². The highest BCUT2D eigenvalue weighted by Gasteiger charge is 2.36. The lowest BCUT2D eigenvalue weighted by Crippen LogP contribution is -2.50. The van der Waals surface area contributed by atoms with Crippen molar-refractivity contribution in [3.05, 3.63) is 0 Å². The van der Waals surface area contributed by atoms with Crippen molar-refractivity contribution in [1.82, 2.24) is 4.90 Å². The van der Waals surface area contributed by atoms with Gasteiger partial charge in [-0.05, 0) is 38.0 Å². The highest BCUT2D eigenvalue weighted by molar-refractivity contribution is 5.82. The summed E-state index contributed by atoms with van der Waals surface area (Å²) in [6, 6.07) is 0.439. The molecule has 2 fully saturated rings. The lowest BCUT2D eigenvalue weighted by molar-refractivity contribution is -0.129. The smallest absolute Gasteiger partial charge is 0.137 e. The van der Waals surface area contributed by atoms with Gasteiger partial charge in [-0.3, -0.25) is 9.69 Å². The predicted octanol–water partition coefficient (Wildman–Crippen LogP) is 3.13. The Labute approximate surface area is 124 Å². The van der Waals surface area contributed by atoms with Crippen molar-refractivity contribution in [2.24, 2.45) is 17.3 Å². The molecule has 3 nitrogen and oxygen atoms in total. The molecule has 4 atom stereocenters. The average Bonchev–Trinajstić information content (AvgIpc) is 2.35. The molecule has 3 heteroatoms. The maximum absolute atomic E-state index is 12.3. The minimum atomic E-state index is 0.237. The molecule has 0 amide bonds. The van der Waals surface area contributed by atoms with Gasteiger partial charge in [0.15, 0.2) is 0 Å². The largest absolute Gasteiger partial charge is 0.376 e. The molecular weight excluding hydrogens is 250 g/mol. The summed E-state index contributed by atoms with van der Waals surface area (Å²) in [6.07, 6.45) is 3.22. The Morgan fingerprint density at radius 2 is 2.00 bits per heavy atom. The molecule has 1 aliphatic heterocycles. The number of carbonyl (C=O) groups excluding carboxylic acids is 1. The van der Waals surface area contributed by atoms with E-state index in [4.69, 9.17) is 4.74 Å². The Morgan fingerprint density at radius 3 is 2.65 bits per heavy atom. The average molecular weight is 281 g/mol. The molecule has 0 aromatic rings. The van der Waals surface area contributed by atoms with Crippen molar-refractivity contribution >= 4 is 5.78 Å². The molecule has 0 aromatic carbocycles. The number of Topliss-reactive ketones (excluding diaryl/α,β-unsaturated/α-hetero) is 1. The summed E-state index contributed by atoms with van der Waals surface area (Å²) in [6.45, 7) is 14.0. The Balaban J connectivity index is 1.97. The summed E-state index contributed by atoms with van der Waals surface area (Å²) in [5, 5.41) is 0. The molecule has 1 saturated heterocycles. The fourth-order valence-electron chi connectivity index (χ4n) is 3.59. The second kappa shape index (κ2) is 6.15. The monoisotopic (exact) mass is 281 g/mol. The van der Waals surface area contributed by atoms with Gasteiger partial charge in [0.25, 0.3) is 0 Å². The van der Waals surface area contributed by atoms with E-state index < -0.39 is 0 Å². The SMILES string of the molecule is CC1CN(CC2CC(C(C)(C)C)CCC2=O)C(C)CO1. The quantitative estimate of drug-likeness (QED) is 0.779. The van der Waals surface area contributed by atoms with Crippen molar-refractivity contribution in [2.45, 2.75) is 66.0 Å². The summed E-state index contributed by atoms with van der Waals surface area (Å²) >= 11 is 0. The molecule has 2 rings (SSSR count). The second-order valence-electron chi connectivity index (χ2n) is 7.95. The van der Waals surface area contributed by atoms with Crippen molar-refractivity contribution in [1.29, 1.82) is 0 Å². The third kappa shape index (κ3) is 3.82.